The van der Waals surface area contributed by atoms with Gasteiger partial charge in [-0.25, -0.2) is 4.98 Å². The minimum atomic E-state index is -0.0141. The topological polar surface area (TPSA) is 64.0 Å². The Morgan fingerprint density at radius 1 is 1.22 bits per heavy atom. The zero-order valence-corrected chi connectivity index (χ0v) is 17.5. The van der Waals surface area contributed by atoms with Crippen molar-refractivity contribution >= 4 is 28.6 Å². The first kappa shape index (κ1) is 21.5. The number of hydrogen-bond donors (Lipinski definition) is 1. The minimum Gasteiger partial charge on any atom is -0.355 e. The predicted molar refractivity (Wildman–Crippen MR) is 113 cm³/mol. The number of carbonyl (C=O) groups excluding carboxylic acids is 1. The van der Waals surface area contributed by atoms with E-state index in [1.165, 1.54) is 11.8 Å². The molecule has 6 heteroatoms. The van der Waals surface area contributed by atoms with Gasteiger partial charge < -0.3 is 5.32 Å². The fraction of sp³-hybridized carbons (Fsp3) is 0.571. The highest BCUT2D eigenvalue weighted by Crippen LogP contribution is 2.18. The first-order valence-electron chi connectivity index (χ1n) is 9.92. The highest BCUT2D eigenvalue weighted by molar-refractivity contribution is 7.99. The maximum Gasteiger partial charge on any atom is 0.262 e. The third-order valence-electron chi connectivity index (χ3n) is 4.44. The zero-order valence-electron chi connectivity index (χ0n) is 16.7. The van der Waals surface area contributed by atoms with Crippen molar-refractivity contribution in [2.75, 3.05) is 12.3 Å². The number of nitrogens with one attached hydrogen (secondary N) is 1. The molecular formula is C21H31N3O2S. The van der Waals surface area contributed by atoms with Gasteiger partial charge in [0.1, 0.15) is 0 Å². The molecule has 1 N–H and O–H groups in total. The summed E-state index contributed by atoms with van der Waals surface area (Å²) in [6, 6.07) is 7.42. The Balaban J connectivity index is 2.12. The molecule has 0 atom stereocenters. The lowest BCUT2D eigenvalue weighted by molar-refractivity contribution is -0.118. The number of para-hydroxylation sites is 1. The summed E-state index contributed by atoms with van der Waals surface area (Å²) in [7, 11) is 0. The van der Waals surface area contributed by atoms with Gasteiger partial charge in [0, 0.05) is 13.1 Å². The fourth-order valence-corrected chi connectivity index (χ4v) is 3.69. The second kappa shape index (κ2) is 11.1. The van der Waals surface area contributed by atoms with Gasteiger partial charge in [0.05, 0.1) is 16.7 Å². The van der Waals surface area contributed by atoms with Gasteiger partial charge in [-0.2, -0.15) is 0 Å². The van der Waals surface area contributed by atoms with Crippen molar-refractivity contribution in [3.05, 3.63) is 34.6 Å². The molecule has 0 aliphatic heterocycles. The largest absolute Gasteiger partial charge is 0.355 e. The van der Waals surface area contributed by atoms with Crippen molar-refractivity contribution in [2.24, 2.45) is 5.92 Å². The Kier molecular flexibility index (Phi) is 8.85. The van der Waals surface area contributed by atoms with E-state index < -0.39 is 0 Å². The van der Waals surface area contributed by atoms with Crippen LogP contribution in [0.1, 0.15) is 52.9 Å². The van der Waals surface area contributed by atoms with E-state index in [0.29, 0.717) is 35.1 Å². The van der Waals surface area contributed by atoms with Crippen LogP contribution >= 0.6 is 11.8 Å². The average molecular weight is 390 g/mol. The molecule has 2 rings (SSSR count). The molecule has 0 aliphatic carbocycles. The van der Waals surface area contributed by atoms with Gasteiger partial charge in [0.2, 0.25) is 5.91 Å². The van der Waals surface area contributed by atoms with Crippen molar-refractivity contribution in [1.29, 1.82) is 0 Å². The lowest BCUT2D eigenvalue weighted by Crippen LogP contribution is -2.28. The van der Waals surface area contributed by atoms with Gasteiger partial charge in [-0.1, -0.05) is 63.9 Å². The summed E-state index contributed by atoms with van der Waals surface area (Å²) < 4.78 is 1.74. The van der Waals surface area contributed by atoms with Crippen molar-refractivity contribution < 1.29 is 4.79 Å². The Morgan fingerprint density at radius 3 is 2.74 bits per heavy atom. The third kappa shape index (κ3) is 6.69. The van der Waals surface area contributed by atoms with Crippen LogP contribution in [0.3, 0.4) is 0 Å². The van der Waals surface area contributed by atoms with Crippen LogP contribution < -0.4 is 10.9 Å². The van der Waals surface area contributed by atoms with E-state index in [1.807, 2.05) is 24.3 Å². The predicted octanol–water partition coefficient (Wildman–Crippen LogP) is 4.23. The van der Waals surface area contributed by atoms with E-state index in [1.54, 1.807) is 4.57 Å². The molecule has 27 heavy (non-hydrogen) atoms. The van der Waals surface area contributed by atoms with E-state index in [9.17, 15) is 9.59 Å². The fourth-order valence-electron chi connectivity index (χ4n) is 2.83. The Hall–Kier alpha value is -1.82. The molecule has 0 spiro atoms. The summed E-state index contributed by atoms with van der Waals surface area (Å²) in [4.78, 5) is 29.7. The number of hydrogen-bond acceptors (Lipinski definition) is 4. The first-order chi connectivity index (χ1) is 13.0. The third-order valence-corrected chi connectivity index (χ3v) is 5.41. The lowest BCUT2D eigenvalue weighted by Gasteiger charge is -2.13. The number of unbranched alkanes of at least 4 members (excludes halogenated alkanes) is 3. The number of fused-ring (bicyclic) bond motifs is 1. The summed E-state index contributed by atoms with van der Waals surface area (Å²) in [5.41, 5.74) is 0.676. The molecule has 1 aromatic carbocycles. The molecule has 1 heterocycles. The summed E-state index contributed by atoms with van der Waals surface area (Å²) in [5.74, 6) is 0.826. The van der Waals surface area contributed by atoms with E-state index in [4.69, 9.17) is 0 Å². The normalized spacial score (nSPS) is 11.3. The average Bonchev–Trinajstić information content (AvgIpc) is 2.65. The molecular weight excluding hydrogens is 358 g/mol. The molecule has 0 saturated carbocycles. The van der Waals surface area contributed by atoms with E-state index >= 15 is 0 Å². The Labute approximate surface area is 166 Å². The summed E-state index contributed by atoms with van der Waals surface area (Å²) >= 11 is 1.35. The van der Waals surface area contributed by atoms with Crippen LogP contribution in [0.15, 0.2) is 34.2 Å². The van der Waals surface area contributed by atoms with Crippen LogP contribution in [0, 0.1) is 5.92 Å². The van der Waals surface area contributed by atoms with Crippen LogP contribution in [-0.4, -0.2) is 27.8 Å². The second-order valence-electron chi connectivity index (χ2n) is 7.25. The van der Waals surface area contributed by atoms with E-state index in [0.717, 1.165) is 32.1 Å². The monoisotopic (exact) mass is 389 g/mol. The highest BCUT2D eigenvalue weighted by atomic mass is 32.2. The van der Waals surface area contributed by atoms with E-state index in [-0.39, 0.29) is 17.2 Å². The standard InChI is InChI=1S/C21H31N3O2S/c1-4-5-6-9-14-24-20(26)17-10-7-8-11-18(17)23-21(24)27-15-19(25)22-13-12-16(2)3/h7-8,10-11,16H,4-6,9,12-15H2,1-3H3,(H,22,25). The van der Waals surface area contributed by atoms with Gasteiger partial charge in [0.15, 0.2) is 5.16 Å². The number of rotatable bonds is 11. The smallest absolute Gasteiger partial charge is 0.262 e. The van der Waals surface area contributed by atoms with Crippen molar-refractivity contribution in [3.63, 3.8) is 0 Å². The number of nitrogens with zero attached hydrogens (tertiary/aromatic N) is 2. The highest BCUT2D eigenvalue weighted by Gasteiger charge is 2.13. The molecule has 1 aromatic heterocycles. The van der Waals surface area contributed by atoms with Gasteiger partial charge in [-0.05, 0) is 30.9 Å². The van der Waals surface area contributed by atoms with Gasteiger partial charge in [-0.15, -0.1) is 0 Å². The molecule has 0 unspecified atom stereocenters. The quantitative estimate of drug-likeness (QED) is 0.355. The van der Waals surface area contributed by atoms with Crippen molar-refractivity contribution in [3.8, 4) is 0 Å². The molecule has 1 amide bonds. The van der Waals surface area contributed by atoms with Crippen LogP contribution in [0.25, 0.3) is 10.9 Å². The SMILES string of the molecule is CCCCCCn1c(SCC(=O)NCCC(C)C)nc2ccccc2c1=O. The van der Waals surface area contributed by atoms with Gasteiger partial charge in [0.25, 0.3) is 5.56 Å². The molecule has 0 radical (unpaired) electrons. The second-order valence-corrected chi connectivity index (χ2v) is 8.19. The van der Waals surface area contributed by atoms with Crippen molar-refractivity contribution in [2.45, 2.75) is 64.6 Å². The maximum absolute atomic E-state index is 12.9. The Morgan fingerprint density at radius 2 is 2.00 bits per heavy atom. The minimum absolute atomic E-state index is 0.0133. The lowest BCUT2D eigenvalue weighted by atomic mass is 10.1. The molecule has 148 valence electrons. The summed E-state index contributed by atoms with van der Waals surface area (Å²) in [6.07, 6.45) is 5.32. The molecule has 0 saturated heterocycles. The summed E-state index contributed by atoms with van der Waals surface area (Å²) in [6.45, 7) is 7.78. The molecule has 5 nitrogen and oxygen atoms in total. The molecule has 0 aliphatic rings. The number of thioether (sulfide) groups is 1. The first-order valence-corrected chi connectivity index (χ1v) is 10.9. The number of amides is 1. The van der Waals surface area contributed by atoms with Crippen LogP contribution in [-0.2, 0) is 11.3 Å². The maximum atomic E-state index is 12.9. The van der Waals surface area contributed by atoms with Crippen LogP contribution in [0.4, 0.5) is 0 Å². The van der Waals surface area contributed by atoms with Crippen molar-refractivity contribution in [1.82, 2.24) is 14.9 Å². The van der Waals surface area contributed by atoms with Crippen LogP contribution in [0.5, 0.6) is 0 Å². The van der Waals surface area contributed by atoms with Gasteiger partial charge in [-0.3, -0.25) is 14.2 Å². The van der Waals surface area contributed by atoms with Gasteiger partial charge >= 0.3 is 0 Å². The molecule has 2 aromatic rings. The molecule has 0 fully saturated rings. The number of aromatic nitrogens is 2. The number of benzene rings is 1. The Bertz CT molecular complexity index is 802. The summed E-state index contributed by atoms with van der Waals surface area (Å²) in [5, 5.41) is 4.21. The zero-order chi connectivity index (χ0) is 19.6. The van der Waals surface area contributed by atoms with E-state index in [2.05, 4.69) is 31.1 Å². The molecule has 0 bridgehead atoms. The number of carbonyl (C=O) groups is 1. The van der Waals surface area contributed by atoms with Crippen LogP contribution in [0.2, 0.25) is 0 Å².